The molecule has 1 amide bonds. The lowest BCUT2D eigenvalue weighted by Crippen LogP contribution is -2.48. The van der Waals surface area contributed by atoms with Crippen molar-refractivity contribution < 1.29 is 13.2 Å². The first-order valence-corrected chi connectivity index (χ1v) is 11.3. The molecule has 0 aliphatic rings. The van der Waals surface area contributed by atoms with Crippen molar-refractivity contribution in [2.45, 2.75) is 53.1 Å². The van der Waals surface area contributed by atoms with E-state index in [2.05, 4.69) is 5.32 Å². The maximum Gasteiger partial charge on any atom is 0.244 e. The molecule has 5 nitrogen and oxygen atoms in total. The minimum Gasteiger partial charge on any atom is -0.347 e. The smallest absolute Gasteiger partial charge is 0.244 e. The summed E-state index contributed by atoms with van der Waals surface area (Å²) in [7, 11) is -3.64. The first-order valence-electron chi connectivity index (χ1n) is 9.47. The van der Waals surface area contributed by atoms with Crippen LogP contribution >= 0.6 is 0 Å². The molecule has 0 saturated heterocycles. The van der Waals surface area contributed by atoms with Crippen molar-refractivity contribution >= 4 is 21.6 Å². The van der Waals surface area contributed by atoms with E-state index in [9.17, 15) is 13.2 Å². The maximum atomic E-state index is 13.0. The van der Waals surface area contributed by atoms with Gasteiger partial charge in [0.05, 0.1) is 18.0 Å². The van der Waals surface area contributed by atoms with Gasteiger partial charge in [0.2, 0.25) is 15.9 Å². The Bertz CT molecular complexity index is 917. The van der Waals surface area contributed by atoms with Crippen LogP contribution < -0.4 is 9.62 Å². The van der Waals surface area contributed by atoms with Gasteiger partial charge in [-0.25, -0.2) is 8.42 Å². The van der Waals surface area contributed by atoms with Crippen LogP contribution in [-0.2, 0) is 14.8 Å². The number of nitrogens with one attached hydrogen (secondary N) is 1. The molecule has 2 aromatic carbocycles. The summed E-state index contributed by atoms with van der Waals surface area (Å²) >= 11 is 0. The van der Waals surface area contributed by atoms with Crippen LogP contribution in [0.5, 0.6) is 0 Å². The van der Waals surface area contributed by atoms with E-state index in [1.165, 1.54) is 4.31 Å². The fourth-order valence-electron chi connectivity index (χ4n) is 3.40. The lowest BCUT2D eigenvalue weighted by atomic mass is 10.0. The van der Waals surface area contributed by atoms with Gasteiger partial charge in [-0.3, -0.25) is 9.10 Å². The molecule has 0 saturated carbocycles. The van der Waals surface area contributed by atoms with Crippen LogP contribution in [0.25, 0.3) is 0 Å². The minimum atomic E-state index is -3.64. The molecule has 6 heteroatoms. The predicted molar refractivity (Wildman–Crippen MR) is 115 cm³/mol. The van der Waals surface area contributed by atoms with Gasteiger partial charge in [-0.15, -0.1) is 0 Å². The molecule has 0 aliphatic heterocycles. The van der Waals surface area contributed by atoms with Crippen molar-refractivity contribution in [3.63, 3.8) is 0 Å². The van der Waals surface area contributed by atoms with E-state index in [4.69, 9.17) is 0 Å². The van der Waals surface area contributed by atoms with Crippen LogP contribution in [0.2, 0.25) is 0 Å². The molecule has 0 heterocycles. The van der Waals surface area contributed by atoms with Crippen molar-refractivity contribution in [2.24, 2.45) is 0 Å². The van der Waals surface area contributed by atoms with Crippen LogP contribution in [-0.4, -0.2) is 26.6 Å². The monoisotopic (exact) mass is 402 g/mol. The normalized spacial score (nSPS) is 13.6. The van der Waals surface area contributed by atoms with Crippen molar-refractivity contribution in [2.75, 3.05) is 10.6 Å². The minimum absolute atomic E-state index is 0.170. The fraction of sp³-hybridized carbons (Fsp3) is 0.409. The van der Waals surface area contributed by atoms with Gasteiger partial charge in [-0.1, -0.05) is 42.8 Å². The van der Waals surface area contributed by atoms with Crippen LogP contribution in [0, 0.1) is 20.8 Å². The second-order valence-corrected chi connectivity index (χ2v) is 9.32. The summed E-state index contributed by atoms with van der Waals surface area (Å²) in [5, 5.41) is 3.01. The number of aryl methyl sites for hydroxylation is 3. The topological polar surface area (TPSA) is 66.5 Å². The summed E-state index contributed by atoms with van der Waals surface area (Å²) in [6.07, 6.45) is 1.84. The molecule has 0 spiro atoms. The van der Waals surface area contributed by atoms with Gasteiger partial charge in [0, 0.05) is 0 Å². The van der Waals surface area contributed by atoms with E-state index < -0.39 is 16.1 Å². The zero-order valence-electron chi connectivity index (χ0n) is 17.5. The quantitative estimate of drug-likeness (QED) is 0.760. The van der Waals surface area contributed by atoms with Gasteiger partial charge in [0.1, 0.15) is 6.04 Å². The molecule has 0 fully saturated rings. The number of carbonyl (C=O) groups is 1. The number of anilines is 1. The van der Waals surface area contributed by atoms with Crippen LogP contribution in [0.15, 0.2) is 42.5 Å². The van der Waals surface area contributed by atoms with Crippen LogP contribution in [0.4, 0.5) is 5.69 Å². The maximum absolute atomic E-state index is 13.0. The van der Waals surface area contributed by atoms with Crippen molar-refractivity contribution in [3.05, 3.63) is 64.7 Å². The fourth-order valence-corrected chi connectivity index (χ4v) is 4.56. The zero-order valence-corrected chi connectivity index (χ0v) is 18.3. The average Bonchev–Trinajstić information content (AvgIpc) is 2.58. The zero-order chi connectivity index (χ0) is 21.1. The standard InChI is InChI=1S/C22H30N2O3S/c1-7-21(19-10-8-15(2)9-11-19)23-22(25)18(5)24(28(6,26)27)20-13-16(3)12-17(4)14-20/h8-14,18,21H,7H2,1-6H3,(H,23,25)/t18-,21-/m0/s1. The third-order valence-electron chi connectivity index (χ3n) is 4.75. The van der Waals surface area contributed by atoms with Gasteiger partial charge in [0.15, 0.2) is 0 Å². The molecule has 152 valence electrons. The molecule has 0 radical (unpaired) electrons. The third-order valence-corrected chi connectivity index (χ3v) is 6.00. The average molecular weight is 403 g/mol. The number of amides is 1. The van der Waals surface area contributed by atoms with Gasteiger partial charge < -0.3 is 5.32 Å². The number of carbonyl (C=O) groups excluding carboxylic acids is 1. The molecule has 2 aromatic rings. The lowest BCUT2D eigenvalue weighted by molar-refractivity contribution is -0.122. The Hall–Kier alpha value is -2.34. The Morgan fingerprint density at radius 3 is 2.00 bits per heavy atom. The first-order chi connectivity index (χ1) is 13.0. The Labute approximate surface area is 168 Å². The van der Waals surface area contributed by atoms with Gasteiger partial charge in [-0.05, 0) is 62.9 Å². The van der Waals surface area contributed by atoms with E-state index >= 15 is 0 Å². The Morgan fingerprint density at radius 1 is 1.00 bits per heavy atom. The number of hydrogen-bond acceptors (Lipinski definition) is 3. The molecule has 0 unspecified atom stereocenters. The van der Waals surface area contributed by atoms with Crippen molar-refractivity contribution in [3.8, 4) is 0 Å². The van der Waals surface area contributed by atoms with Gasteiger partial charge in [0.25, 0.3) is 0 Å². The molecule has 1 N–H and O–H groups in total. The molecule has 0 aromatic heterocycles. The largest absolute Gasteiger partial charge is 0.347 e. The number of benzene rings is 2. The Balaban J connectivity index is 2.31. The molecular weight excluding hydrogens is 372 g/mol. The lowest BCUT2D eigenvalue weighted by Gasteiger charge is -2.30. The highest BCUT2D eigenvalue weighted by atomic mass is 32.2. The molecule has 2 rings (SSSR count). The summed E-state index contributed by atoms with van der Waals surface area (Å²) in [5.74, 6) is -0.322. The van der Waals surface area contributed by atoms with Gasteiger partial charge in [-0.2, -0.15) is 0 Å². The summed E-state index contributed by atoms with van der Waals surface area (Å²) in [6.45, 7) is 9.45. The first kappa shape index (κ1) is 22.0. The number of sulfonamides is 1. The summed E-state index contributed by atoms with van der Waals surface area (Å²) in [6, 6.07) is 12.5. The second-order valence-electron chi connectivity index (χ2n) is 7.46. The summed E-state index contributed by atoms with van der Waals surface area (Å²) in [4.78, 5) is 13.0. The third kappa shape index (κ3) is 5.35. The number of rotatable bonds is 7. The molecular formula is C22H30N2O3S. The molecule has 2 atom stereocenters. The van der Waals surface area contributed by atoms with E-state index in [0.717, 1.165) is 28.5 Å². The summed E-state index contributed by atoms with van der Waals surface area (Å²) in [5.41, 5.74) is 4.55. The highest BCUT2D eigenvalue weighted by molar-refractivity contribution is 7.92. The number of hydrogen-bond donors (Lipinski definition) is 1. The van der Waals surface area contributed by atoms with Crippen LogP contribution in [0.1, 0.15) is 48.6 Å². The number of nitrogens with zero attached hydrogens (tertiary/aromatic N) is 1. The molecule has 0 aliphatic carbocycles. The van der Waals surface area contributed by atoms with Gasteiger partial charge >= 0.3 is 0 Å². The van der Waals surface area contributed by atoms with Crippen molar-refractivity contribution in [1.29, 1.82) is 0 Å². The summed E-state index contributed by atoms with van der Waals surface area (Å²) < 4.78 is 26.2. The Morgan fingerprint density at radius 2 is 1.54 bits per heavy atom. The highest BCUT2D eigenvalue weighted by Crippen LogP contribution is 2.25. The highest BCUT2D eigenvalue weighted by Gasteiger charge is 2.30. The second kappa shape index (κ2) is 8.78. The van der Waals surface area contributed by atoms with Crippen LogP contribution in [0.3, 0.4) is 0 Å². The van der Waals surface area contributed by atoms with Crippen molar-refractivity contribution in [1.82, 2.24) is 5.32 Å². The van der Waals surface area contributed by atoms with E-state index in [1.807, 2.05) is 58.0 Å². The van der Waals surface area contributed by atoms with E-state index in [-0.39, 0.29) is 11.9 Å². The SMILES string of the molecule is CC[C@H](NC(=O)[C@H](C)N(c1cc(C)cc(C)c1)S(C)(=O)=O)c1ccc(C)cc1. The molecule has 28 heavy (non-hydrogen) atoms. The molecule has 0 bridgehead atoms. The van der Waals surface area contributed by atoms with E-state index in [1.54, 1.807) is 19.1 Å². The Kier molecular flexibility index (Phi) is 6.88. The van der Waals surface area contributed by atoms with E-state index in [0.29, 0.717) is 12.1 Å². The predicted octanol–water partition coefficient (Wildman–Crippen LogP) is 4.03.